The van der Waals surface area contributed by atoms with Crippen LogP contribution < -0.4 is 0 Å². The van der Waals surface area contributed by atoms with Gasteiger partial charge in [0.2, 0.25) is 0 Å². The van der Waals surface area contributed by atoms with E-state index in [2.05, 4.69) is 15.9 Å². The van der Waals surface area contributed by atoms with Gasteiger partial charge in [0.1, 0.15) is 0 Å². The second-order valence-electron chi connectivity index (χ2n) is 8.47. The Morgan fingerprint density at radius 3 is 2.17 bits per heavy atom. The summed E-state index contributed by atoms with van der Waals surface area (Å²) >= 11 is 4.02. The molecular formula is C18H17BrO4S. The molecule has 1 saturated heterocycles. The van der Waals surface area contributed by atoms with Gasteiger partial charge in [0.25, 0.3) is 0 Å². The van der Waals surface area contributed by atoms with E-state index in [1.165, 1.54) is 0 Å². The molecule has 6 saturated carbocycles. The minimum absolute atomic E-state index is 0.0186. The Kier molecular flexibility index (Phi) is 2.02. The molecule has 6 aliphatic carbocycles. The van der Waals surface area contributed by atoms with E-state index in [9.17, 15) is 8.42 Å². The SMILES string of the molecule is O=S(=O)(CC12C3[C@@H]4[C@H]1C1[C@H]2[C@H]3C4(Br)C12OCCO2)c1ccccc1. The van der Waals surface area contributed by atoms with Crippen LogP contribution in [0.4, 0.5) is 0 Å². The number of rotatable bonds is 3. The molecule has 0 radical (unpaired) electrons. The summed E-state index contributed by atoms with van der Waals surface area (Å²) in [5.74, 6) is 2.88. The second-order valence-corrected chi connectivity index (χ2v) is 11.8. The first-order valence-corrected chi connectivity index (χ1v) is 11.2. The summed E-state index contributed by atoms with van der Waals surface area (Å²) < 4.78 is 38.2. The van der Waals surface area contributed by atoms with Crippen molar-refractivity contribution in [3.8, 4) is 0 Å². The highest BCUT2D eigenvalue weighted by atomic mass is 79.9. The fraction of sp³-hybridized carbons (Fsp3) is 0.667. The van der Waals surface area contributed by atoms with Gasteiger partial charge < -0.3 is 9.47 Å². The van der Waals surface area contributed by atoms with Crippen molar-refractivity contribution in [2.24, 2.45) is 40.9 Å². The Morgan fingerprint density at radius 1 is 0.958 bits per heavy atom. The molecule has 8 rings (SSSR count). The highest BCUT2D eigenvalue weighted by Gasteiger charge is 3.08. The predicted octanol–water partition coefficient (Wildman–Crippen LogP) is 2.09. The van der Waals surface area contributed by atoms with Crippen molar-refractivity contribution in [2.75, 3.05) is 19.0 Å². The smallest absolute Gasteiger partial charge is 0.187 e. The minimum Gasteiger partial charge on any atom is -0.346 e. The van der Waals surface area contributed by atoms with E-state index < -0.39 is 15.6 Å². The third-order valence-electron chi connectivity index (χ3n) is 8.38. The first-order chi connectivity index (χ1) is 11.5. The highest BCUT2D eigenvalue weighted by molar-refractivity contribution is 9.10. The molecule has 0 amide bonds. The molecule has 6 heteroatoms. The summed E-state index contributed by atoms with van der Waals surface area (Å²) in [7, 11) is -3.22. The van der Waals surface area contributed by atoms with Crippen molar-refractivity contribution in [3.63, 3.8) is 0 Å². The Morgan fingerprint density at radius 2 is 1.54 bits per heavy atom. The van der Waals surface area contributed by atoms with Crippen LogP contribution in [0.25, 0.3) is 0 Å². The second kappa shape index (κ2) is 3.53. The van der Waals surface area contributed by atoms with Crippen LogP contribution in [0.3, 0.4) is 0 Å². The van der Waals surface area contributed by atoms with E-state index >= 15 is 0 Å². The van der Waals surface area contributed by atoms with Crippen molar-refractivity contribution in [3.05, 3.63) is 30.3 Å². The highest BCUT2D eigenvalue weighted by Crippen LogP contribution is 3.04. The molecule has 4 unspecified atom stereocenters. The average Bonchev–Trinajstić information content (AvgIpc) is 3.12. The van der Waals surface area contributed by atoms with E-state index in [1.807, 2.05) is 6.07 Å². The van der Waals surface area contributed by atoms with Crippen LogP contribution in [0.2, 0.25) is 0 Å². The molecule has 1 aromatic carbocycles. The zero-order valence-corrected chi connectivity index (χ0v) is 15.3. The summed E-state index contributed by atoms with van der Waals surface area (Å²) in [5.41, 5.74) is 0.0186. The normalized spacial score (nSPS) is 56.2. The molecule has 1 spiro atoms. The molecule has 7 aliphatic rings. The van der Waals surface area contributed by atoms with Crippen LogP contribution in [0, 0.1) is 40.9 Å². The summed E-state index contributed by atoms with van der Waals surface area (Å²) in [6, 6.07) is 8.92. The first-order valence-electron chi connectivity index (χ1n) is 8.75. The number of benzene rings is 1. The van der Waals surface area contributed by atoms with E-state index in [0.717, 1.165) is 0 Å². The van der Waals surface area contributed by atoms with Gasteiger partial charge in [-0.25, -0.2) is 8.42 Å². The standard InChI is InChI=1S/C18H17BrO4S/c19-17-13-10-14(17)12-15(18(17)22-6-7-23-18)11(13)16(10,12)8-24(20,21)9-4-2-1-3-5-9/h1-5,10-15H,6-8H2/t10?,11-,12+,13+,14-,15?,16?,17?. The van der Waals surface area contributed by atoms with Gasteiger partial charge in [0, 0.05) is 5.92 Å². The van der Waals surface area contributed by atoms with Gasteiger partial charge in [-0.05, 0) is 47.1 Å². The fourth-order valence-electron chi connectivity index (χ4n) is 8.17. The molecule has 1 heterocycles. The third-order valence-corrected chi connectivity index (χ3v) is 11.9. The minimum atomic E-state index is -3.22. The van der Waals surface area contributed by atoms with Crippen LogP contribution >= 0.6 is 15.9 Å². The largest absolute Gasteiger partial charge is 0.346 e. The van der Waals surface area contributed by atoms with Crippen molar-refractivity contribution < 1.29 is 17.9 Å². The summed E-state index contributed by atoms with van der Waals surface area (Å²) in [4.78, 5) is 0.467. The van der Waals surface area contributed by atoms with Gasteiger partial charge in [0.05, 0.1) is 28.2 Å². The maximum Gasteiger partial charge on any atom is 0.187 e. The lowest BCUT2D eigenvalue weighted by molar-refractivity contribution is -0.429. The molecule has 24 heavy (non-hydrogen) atoms. The van der Waals surface area contributed by atoms with Crippen LogP contribution in [0.15, 0.2) is 35.2 Å². The molecule has 0 N–H and O–H groups in total. The summed E-state index contributed by atoms with van der Waals surface area (Å²) in [6.07, 6.45) is 0. The van der Waals surface area contributed by atoms with Gasteiger partial charge in [0.15, 0.2) is 15.6 Å². The van der Waals surface area contributed by atoms with Gasteiger partial charge in [-0.3, -0.25) is 0 Å². The van der Waals surface area contributed by atoms with Crippen molar-refractivity contribution in [2.45, 2.75) is 15.0 Å². The molecule has 4 nitrogen and oxygen atoms in total. The van der Waals surface area contributed by atoms with Crippen LogP contribution in [0.5, 0.6) is 0 Å². The van der Waals surface area contributed by atoms with Gasteiger partial charge in [-0.15, -0.1) is 0 Å². The average molecular weight is 409 g/mol. The van der Waals surface area contributed by atoms with Gasteiger partial charge >= 0.3 is 0 Å². The van der Waals surface area contributed by atoms with Crippen molar-refractivity contribution >= 4 is 25.8 Å². The van der Waals surface area contributed by atoms with Crippen LogP contribution in [-0.2, 0) is 19.3 Å². The maximum atomic E-state index is 12.9. The Bertz CT molecular complexity index is 871. The lowest BCUT2D eigenvalue weighted by Crippen LogP contribution is -2.93. The number of hydrogen-bond acceptors (Lipinski definition) is 4. The maximum absolute atomic E-state index is 12.9. The molecule has 8 atom stereocenters. The zero-order valence-electron chi connectivity index (χ0n) is 12.9. The third kappa shape index (κ3) is 0.959. The topological polar surface area (TPSA) is 52.6 Å². The molecule has 2 bridgehead atoms. The molecule has 0 aromatic heterocycles. The Balaban J connectivity index is 1.28. The van der Waals surface area contributed by atoms with E-state index in [-0.39, 0.29) is 9.74 Å². The number of hydrogen-bond donors (Lipinski definition) is 0. The number of alkyl halides is 1. The zero-order chi connectivity index (χ0) is 16.1. The number of sulfone groups is 1. The molecule has 1 aliphatic heterocycles. The summed E-state index contributed by atoms with van der Waals surface area (Å²) in [5, 5.41) is 0. The van der Waals surface area contributed by atoms with E-state index in [4.69, 9.17) is 9.47 Å². The van der Waals surface area contributed by atoms with Crippen molar-refractivity contribution in [1.29, 1.82) is 0 Å². The van der Waals surface area contributed by atoms with E-state index in [1.54, 1.807) is 24.3 Å². The Hall–Kier alpha value is -0.430. The van der Waals surface area contributed by atoms with Crippen molar-refractivity contribution in [1.82, 2.24) is 0 Å². The van der Waals surface area contributed by atoms with Crippen LogP contribution in [-0.4, -0.2) is 37.5 Å². The molecular weight excluding hydrogens is 392 g/mol. The molecule has 7 fully saturated rings. The summed E-state index contributed by atoms with van der Waals surface area (Å²) in [6.45, 7) is 1.34. The lowest BCUT2D eigenvalue weighted by atomic mass is 9.13. The van der Waals surface area contributed by atoms with Gasteiger partial charge in [-0.1, -0.05) is 34.1 Å². The molecule has 126 valence electrons. The molecule has 1 aromatic rings. The number of halogens is 1. The quantitative estimate of drug-likeness (QED) is 0.718. The van der Waals surface area contributed by atoms with Gasteiger partial charge in [-0.2, -0.15) is 0 Å². The fourth-order valence-corrected chi connectivity index (χ4v) is 11.8. The predicted molar refractivity (Wildman–Crippen MR) is 88.2 cm³/mol. The van der Waals surface area contributed by atoms with Crippen LogP contribution in [0.1, 0.15) is 0 Å². The number of ether oxygens (including phenoxy) is 2. The van der Waals surface area contributed by atoms with E-state index in [0.29, 0.717) is 59.4 Å². The Labute approximate surface area is 148 Å². The monoisotopic (exact) mass is 408 g/mol. The first kappa shape index (κ1) is 13.7. The lowest BCUT2D eigenvalue weighted by Gasteiger charge is -2.91.